The first-order valence-corrected chi connectivity index (χ1v) is 8.01. The Labute approximate surface area is 119 Å². The minimum absolute atomic E-state index is 0.518. The molecule has 0 saturated heterocycles. The fraction of sp³-hybridized carbons (Fsp3) is 0.667. The molecule has 2 rings (SSSR count). The van der Waals surface area contributed by atoms with Crippen LogP contribution in [0.3, 0.4) is 0 Å². The van der Waals surface area contributed by atoms with Crippen molar-refractivity contribution < 1.29 is 4.74 Å². The van der Waals surface area contributed by atoms with E-state index in [2.05, 4.69) is 11.4 Å². The highest BCUT2D eigenvalue weighted by Gasteiger charge is 2.12. The Morgan fingerprint density at radius 2 is 2.16 bits per heavy atom. The Balaban J connectivity index is 1.49. The normalized spacial score (nSPS) is 16.4. The number of rotatable bonds is 7. The third-order valence-electron chi connectivity index (χ3n) is 3.47. The largest absolute Gasteiger partial charge is 0.378 e. The lowest BCUT2D eigenvalue weighted by Gasteiger charge is -2.21. The van der Waals surface area contributed by atoms with Crippen molar-refractivity contribution >= 4 is 11.3 Å². The van der Waals surface area contributed by atoms with Crippen LogP contribution in [0.1, 0.15) is 48.3 Å². The lowest BCUT2D eigenvalue weighted by atomic mass is 9.98. The van der Waals surface area contributed by atoms with Crippen LogP contribution in [0, 0.1) is 11.3 Å². The van der Waals surface area contributed by atoms with Gasteiger partial charge < -0.3 is 10.1 Å². The first kappa shape index (κ1) is 14.5. The number of nitriles is 1. The quantitative estimate of drug-likeness (QED) is 0.777. The average molecular weight is 278 g/mol. The number of thiophene rings is 1. The summed E-state index contributed by atoms with van der Waals surface area (Å²) in [6, 6.07) is 6.07. The van der Waals surface area contributed by atoms with E-state index in [-0.39, 0.29) is 0 Å². The van der Waals surface area contributed by atoms with Gasteiger partial charge in [-0.1, -0.05) is 19.3 Å². The van der Waals surface area contributed by atoms with Gasteiger partial charge >= 0.3 is 0 Å². The molecule has 0 aromatic carbocycles. The van der Waals surface area contributed by atoms with Crippen LogP contribution in [0.2, 0.25) is 0 Å². The summed E-state index contributed by atoms with van der Waals surface area (Å²) in [6.07, 6.45) is 8.13. The van der Waals surface area contributed by atoms with Gasteiger partial charge in [0.05, 0.1) is 6.10 Å². The van der Waals surface area contributed by atoms with Crippen molar-refractivity contribution in [3.05, 3.63) is 21.9 Å². The van der Waals surface area contributed by atoms with Crippen LogP contribution in [-0.2, 0) is 11.3 Å². The highest BCUT2D eigenvalue weighted by molar-refractivity contribution is 7.12. The molecular weight excluding hydrogens is 256 g/mol. The summed E-state index contributed by atoms with van der Waals surface area (Å²) < 4.78 is 5.88. The molecule has 0 amide bonds. The molecule has 1 aliphatic carbocycles. The molecule has 4 heteroatoms. The zero-order valence-electron chi connectivity index (χ0n) is 11.4. The van der Waals surface area contributed by atoms with E-state index in [1.54, 1.807) is 11.3 Å². The summed E-state index contributed by atoms with van der Waals surface area (Å²) in [5.41, 5.74) is 0. The van der Waals surface area contributed by atoms with Gasteiger partial charge in [-0.3, -0.25) is 0 Å². The smallest absolute Gasteiger partial charge is 0.110 e. The predicted octanol–water partition coefficient (Wildman–Crippen LogP) is 3.45. The monoisotopic (exact) mass is 278 g/mol. The molecule has 1 fully saturated rings. The number of hydrogen-bond donors (Lipinski definition) is 1. The summed E-state index contributed by atoms with van der Waals surface area (Å²) in [5.74, 6) is 0. The van der Waals surface area contributed by atoms with Gasteiger partial charge in [0.1, 0.15) is 10.9 Å². The number of ether oxygens (including phenoxy) is 1. The third-order valence-corrected chi connectivity index (χ3v) is 4.46. The van der Waals surface area contributed by atoms with Gasteiger partial charge in [-0.2, -0.15) is 5.26 Å². The molecule has 0 unspecified atom stereocenters. The summed E-state index contributed by atoms with van der Waals surface area (Å²) in [6.45, 7) is 2.70. The standard InChI is InChI=1S/C15H22N2OS/c16-11-14-7-8-15(19-14)12-17-9-4-10-18-13-5-2-1-3-6-13/h7-8,13,17H,1-6,9-10,12H2. The Kier molecular flexibility index (Phi) is 6.35. The molecule has 1 aliphatic rings. The second-order valence-corrected chi connectivity index (χ2v) is 6.21. The second-order valence-electron chi connectivity index (χ2n) is 5.04. The minimum atomic E-state index is 0.518. The molecule has 0 aliphatic heterocycles. The SMILES string of the molecule is N#Cc1ccc(CNCCCOC2CCCCC2)s1. The Hall–Kier alpha value is -0.890. The van der Waals surface area contributed by atoms with Crippen LogP contribution in [0.4, 0.5) is 0 Å². The van der Waals surface area contributed by atoms with Crippen molar-refractivity contribution in [3.63, 3.8) is 0 Å². The van der Waals surface area contributed by atoms with Gasteiger partial charge in [0.25, 0.3) is 0 Å². The summed E-state index contributed by atoms with van der Waals surface area (Å²) >= 11 is 1.56. The van der Waals surface area contributed by atoms with Crippen LogP contribution in [0.15, 0.2) is 12.1 Å². The summed E-state index contributed by atoms with van der Waals surface area (Å²) in [4.78, 5) is 2.02. The molecule has 0 bridgehead atoms. The highest BCUT2D eigenvalue weighted by Crippen LogP contribution is 2.20. The van der Waals surface area contributed by atoms with Gasteiger partial charge in [0.15, 0.2) is 0 Å². The molecule has 104 valence electrons. The van der Waals surface area contributed by atoms with E-state index >= 15 is 0 Å². The summed E-state index contributed by atoms with van der Waals surface area (Å²) in [7, 11) is 0. The molecule has 1 saturated carbocycles. The fourth-order valence-corrected chi connectivity index (χ4v) is 3.20. The first-order valence-electron chi connectivity index (χ1n) is 7.19. The maximum atomic E-state index is 8.74. The lowest BCUT2D eigenvalue weighted by Crippen LogP contribution is -2.20. The third kappa shape index (κ3) is 5.32. The molecule has 3 nitrogen and oxygen atoms in total. The fourth-order valence-electron chi connectivity index (χ4n) is 2.42. The van der Waals surface area contributed by atoms with Crippen LogP contribution in [0.5, 0.6) is 0 Å². The second kappa shape index (κ2) is 8.31. The minimum Gasteiger partial charge on any atom is -0.378 e. The van der Waals surface area contributed by atoms with Crippen molar-refractivity contribution in [1.29, 1.82) is 5.26 Å². The van der Waals surface area contributed by atoms with Crippen molar-refractivity contribution in [2.45, 2.75) is 51.2 Å². The van der Waals surface area contributed by atoms with Crippen LogP contribution in [0.25, 0.3) is 0 Å². The van der Waals surface area contributed by atoms with E-state index in [0.29, 0.717) is 6.10 Å². The molecule has 1 aromatic heterocycles. The number of nitrogens with one attached hydrogen (secondary N) is 1. The highest BCUT2D eigenvalue weighted by atomic mass is 32.1. The maximum absolute atomic E-state index is 8.74. The van der Waals surface area contributed by atoms with Crippen molar-refractivity contribution in [3.8, 4) is 6.07 Å². The predicted molar refractivity (Wildman–Crippen MR) is 78.2 cm³/mol. The zero-order valence-corrected chi connectivity index (χ0v) is 12.2. The topological polar surface area (TPSA) is 45.0 Å². The molecule has 1 aromatic rings. The van der Waals surface area contributed by atoms with E-state index in [4.69, 9.17) is 10.00 Å². The lowest BCUT2D eigenvalue weighted by molar-refractivity contribution is 0.0273. The number of nitrogens with zero attached hydrogens (tertiary/aromatic N) is 1. The van der Waals surface area contributed by atoms with Gasteiger partial charge in [0, 0.05) is 18.0 Å². The Bertz CT molecular complexity index is 405. The molecule has 0 spiro atoms. The van der Waals surface area contributed by atoms with Crippen LogP contribution in [-0.4, -0.2) is 19.3 Å². The van der Waals surface area contributed by atoms with E-state index in [1.165, 1.54) is 37.0 Å². The van der Waals surface area contributed by atoms with Crippen LogP contribution < -0.4 is 5.32 Å². The Morgan fingerprint density at radius 1 is 1.32 bits per heavy atom. The van der Waals surface area contributed by atoms with Crippen LogP contribution >= 0.6 is 11.3 Å². The maximum Gasteiger partial charge on any atom is 0.110 e. The average Bonchev–Trinajstić information content (AvgIpc) is 2.92. The Morgan fingerprint density at radius 3 is 2.89 bits per heavy atom. The molecule has 1 N–H and O–H groups in total. The molecule has 1 heterocycles. The van der Waals surface area contributed by atoms with Gasteiger partial charge in [0.2, 0.25) is 0 Å². The zero-order chi connectivity index (χ0) is 13.3. The molecule has 0 radical (unpaired) electrons. The van der Waals surface area contributed by atoms with E-state index in [1.807, 2.05) is 12.1 Å². The molecule has 19 heavy (non-hydrogen) atoms. The summed E-state index contributed by atoms with van der Waals surface area (Å²) in [5, 5.41) is 12.1. The number of hydrogen-bond acceptors (Lipinski definition) is 4. The van der Waals surface area contributed by atoms with Gasteiger partial charge in [-0.25, -0.2) is 0 Å². The van der Waals surface area contributed by atoms with E-state index < -0.39 is 0 Å². The van der Waals surface area contributed by atoms with Crippen molar-refractivity contribution in [1.82, 2.24) is 5.32 Å². The van der Waals surface area contributed by atoms with E-state index in [9.17, 15) is 0 Å². The molecule has 0 atom stereocenters. The first-order chi connectivity index (χ1) is 9.38. The van der Waals surface area contributed by atoms with Gasteiger partial charge in [-0.15, -0.1) is 11.3 Å². The molecular formula is C15H22N2OS. The van der Waals surface area contributed by atoms with E-state index in [0.717, 1.165) is 31.0 Å². The van der Waals surface area contributed by atoms with Gasteiger partial charge in [-0.05, 0) is 37.9 Å². The van der Waals surface area contributed by atoms with Crippen molar-refractivity contribution in [2.75, 3.05) is 13.2 Å². The van der Waals surface area contributed by atoms with Crippen molar-refractivity contribution in [2.24, 2.45) is 0 Å².